The first-order valence-electron chi connectivity index (χ1n) is 12.2. The number of carbonyl (C=O) groups is 3. The molecule has 2 aromatic rings. The number of hydrogen-bond acceptors (Lipinski definition) is 7. The van der Waals surface area contributed by atoms with Gasteiger partial charge in [-0.3, -0.25) is 19.4 Å². The number of benzene rings is 1. The van der Waals surface area contributed by atoms with Crippen LogP contribution in [0.2, 0.25) is 0 Å². The number of nitrogens with zero attached hydrogens (tertiary/aromatic N) is 2. The zero-order chi connectivity index (χ0) is 26.9. The fourth-order valence-electron chi connectivity index (χ4n) is 4.83. The number of aliphatic hydroxyl groups is 1. The van der Waals surface area contributed by atoms with Crippen LogP contribution in [-0.4, -0.2) is 63.5 Å². The molecule has 0 radical (unpaired) electrons. The predicted molar refractivity (Wildman–Crippen MR) is 141 cm³/mol. The monoisotopic (exact) mass is 506 g/mol. The van der Waals surface area contributed by atoms with Gasteiger partial charge < -0.3 is 25.6 Å². The van der Waals surface area contributed by atoms with Gasteiger partial charge in [0.2, 0.25) is 11.8 Å². The number of hydrazine groups is 1. The third-order valence-electron chi connectivity index (χ3n) is 7.10. The number of nitrogens with two attached hydrogens (primary N) is 1. The largest absolute Gasteiger partial charge is 0.394 e. The third kappa shape index (κ3) is 5.03. The van der Waals surface area contributed by atoms with E-state index in [9.17, 15) is 19.5 Å². The molecule has 1 aromatic heterocycles. The summed E-state index contributed by atoms with van der Waals surface area (Å²) >= 11 is 0. The van der Waals surface area contributed by atoms with Gasteiger partial charge in [0.1, 0.15) is 6.17 Å². The molecule has 0 fully saturated rings. The predicted octanol–water partition coefficient (Wildman–Crippen LogP) is 2.28. The Kier molecular flexibility index (Phi) is 7.24. The lowest BCUT2D eigenvalue weighted by molar-refractivity contribution is -0.142. The summed E-state index contributed by atoms with van der Waals surface area (Å²) in [6.07, 6.45) is 5.15. The summed E-state index contributed by atoms with van der Waals surface area (Å²) in [7, 11) is 1.65. The van der Waals surface area contributed by atoms with Crippen LogP contribution in [0.4, 0.5) is 11.4 Å². The Morgan fingerprint density at radius 2 is 1.97 bits per heavy atom. The Morgan fingerprint density at radius 1 is 1.27 bits per heavy atom. The highest BCUT2D eigenvalue weighted by Crippen LogP contribution is 2.43. The van der Waals surface area contributed by atoms with Gasteiger partial charge in [-0.25, -0.2) is 5.84 Å². The maximum absolute atomic E-state index is 13.6. The molecule has 1 aromatic carbocycles. The summed E-state index contributed by atoms with van der Waals surface area (Å²) in [6, 6.07) is 9.15. The van der Waals surface area contributed by atoms with E-state index in [1.54, 1.807) is 33.2 Å². The molecule has 10 heteroatoms. The van der Waals surface area contributed by atoms with E-state index in [1.807, 2.05) is 36.4 Å². The van der Waals surface area contributed by atoms with Crippen LogP contribution in [0.5, 0.6) is 0 Å². The van der Waals surface area contributed by atoms with Crippen molar-refractivity contribution in [2.45, 2.75) is 45.8 Å². The third-order valence-corrected chi connectivity index (χ3v) is 7.10. The molecule has 2 unspecified atom stereocenters. The van der Waals surface area contributed by atoms with E-state index in [0.29, 0.717) is 29.1 Å². The number of likely N-dealkylation sites (N-methyl/N-ethyl adjacent to an activating group) is 1. The second kappa shape index (κ2) is 10.2. The van der Waals surface area contributed by atoms with Gasteiger partial charge in [0, 0.05) is 43.8 Å². The van der Waals surface area contributed by atoms with Crippen LogP contribution in [0.15, 0.2) is 48.7 Å². The number of nitrogens with one attached hydrogen (secondary N) is 3. The first-order valence-corrected chi connectivity index (χ1v) is 12.2. The number of para-hydroxylation sites is 1. The number of aromatic amines is 1. The zero-order valence-corrected chi connectivity index (χ0v) is 21.5. The van der Waals surface area contributed by atoms with Crippen LogP contribution in [-0.2, 0) is 16.0 Å². The molecule has 0 bridgehead atoms. The minimum atomic E-state index is -0.960. The van der Waals surface area contributed by atoms with Crippen LogP contribution in [0.25, 0.3) is 5.57 Å². The van der Waals surface area contributed by atoms with Crippen LogP contribution < -0.4 is 16.5 Å². The van der Waals surface area contributed by atoms with E-state index < -0.39 is 11.6 Å². The molecule has 6 N–H and O–H groups in total. The van der Waals surface area contributed by atoms with E-state index in [1.165, 1.54) is 11.8 Å². The summed E-state index contributed by atoms with van der Waals surface area (Å²) in [6.45, 7) is 4.78. The smallest absolute Gasteiger partial charge is 0.235 e. The maximum Gasteiger partial charge on any atom is 0.235 e. The first-order chi connectivity index (χ1) is 17.6. The Morgan fingerprint density at radius 3 is 2.62 bits per heavy atom. The van der Waals surface area contributed by atoms with Crippen molar-refractivity contribution < 1.29 is 19.5 Å². The summed E-state index contributed by atoms with van der Waals surface area (Å²) < 4.78 is 0. The number of hydrogen-bond donors (Lipinski definition) is 5. The average molecular weight is 507 g/mol. The number of aromatic nitrogens is 1. The van der Waals surface area contributed by atoms with E-state index in [0.717, 1.165) is 16.3 Å². The number of Topliss-reactive ketones (excluding diaryl/α,β-unsaturated/α-hetero) is 1. The molecule has 37 heavy (non-hydrogen) atoms. The van der Waals surface area contributed by atoms with Crippen LogP contribution >= 0.6 is 0 Å². The minimum Gasteiger partial charge on any atom is -0.394 e. The fourth-order valence-corrected chi connectivity index (χ4v) is 4.83. The van der Waals surface area contributed by atoms with Crippen LogP contribution in [0, 0.1) is 5.41 Å². The number of carbonyl (C=O) groups excluding carboxylic acids is 3. The van der Waals surface area contributed by atoms with Gasteiger partial charge in [-0.15, -0.1) is 0 Å². The second-order valence-electron chi connectivity index (χ2n) is 10.00. The van der Waals surface area contributed by atoms with Crippen molar-refractivity contribution in [3.05, 3.63) is 65.6 Å². The summed E-state index contributed by atoms with van der Waals surface area (Å²) in [5, 5.41) is 17.1. The van der Waals surface area contributed by atoms with Gasteiger partial charge in [0.15, 0.2) is 5.78 Å². The van der Waals surface area contributed by atoms with Gasteiger partial charge in [-0.05, 0) is 44.3 Å². The van der Waals surface area contributed by atoms with E-state index in [4.69, 9.17) is 5.84 Å². The number of amides is 2. The van der Waals surface area contributed by atoms with E-state index in [-0.39, 0.29) is 36.7 Å². The number of dihydropyridines is 1. The summed E-state index contributed by atoms with van der Waals surface area (Å²) in [5.41, 5.74) is 3.03. The molecule has 0 saturated heterocycles. The number of H-pyrrole nitrogens is 1. The lowest BCUT2D eigenvalue weighted by Crippen LogP contribution is -2.50. The summed E-state index contributed by atoms with van der Waals surface area (Å²) in [5.74, 6) is 5.30. The molecular formula is C27H34N6O4. The average Bonchev–Trinajstić information content (AvgIpc) is 3.25. The molecule has 1 aliphatic carbocycles. The van der Waals surface area contributed by atoms with Gasteiger partial charge in [0.25, 0.3) is 0 Å². The van der Waals surface area contributed by atoms with Crippen LogP contribution in [0.3, 0.4) is 0 Å². The SMILES string of the molecule is CC(=O)N(N)C1C=C(c2[nH]c3c(c2Nc2ccccc2)C(=O)CC(C)(C(=O)N(C)[C@@H](C)CO)C3)C=CN1. The number of fused-ring (bicyclic) bond motifs is 1. The lowest BCUT2D eigenvalue weighted by atomic mass is 9.73. The Labute approximate surface area is 216 Å². The van der Waals surface area contributed by atoms with E-state index in [2.05, 4.69) is 15.6 Å². The van der Waals surface area contributed by atoms with Gasteiger partial charge in [0.05, 0.1) is 35.0 Å². The molecule has 2 aliphatic rings. The Bertz CT molecular complexity index is 1270. The molecule has 3 atom stereocenters. The first kappa shape index (κ1) is 26.2. The Balaban J connectivity index is 1.79. The minimum absolute atomic E-state index is 0.0437. The van der Waals surface area contributed by atoms with Crippen molar-refractivity contribution in [3.63, 3.8) is 0 Å². The van der Waals surface area contributed by atoms with Crippen molar-refractivity contribution in [3.8, 4) is 0 Å². The highest BCUT2D eigenvalue weighted by atomic mass is 16.3. The fraction of sp³-hybridized carbons (Fsp3) is 0.370. The Hall–Kier alpha value is -3.89. The van der Waals surface area contributed by atoms with Gasteiger partial charge in [-0.1, -0.05) is 18.2 Å². The lowest BCUT2D eigenvalue weighted by Gasteiger charge is -2.37. The highest BCUT2D eigenvalue weighted by molar-refractivity contribution is 6.09. The number of allylic oxidation sites excluding steroid dienone is 2. The quantitative estimate of drug-likeness (QED) is 0.220. The van der Waals surface area contributed by atoms with Gasteiger partial charge in [-0.2, -0.15) is 0 Å². The molecule has 0 spiro atoms. The molecule has 4 rings (SSSR count). The second-order valence-corrected chi connectivity index (χ2v) is 10.00. The maximum atomic E-state index is 13.6. The van der Waals surface area contributed by atoms with Crippen molar-refractivity contribution in [2.75, 3.05) is 19.0 Å². The topological polar surface area (TPSA) is 144 Å². The molecule has 1 aliphatic heterocycles. The number of anilines is 2. The van der Waals surface area contributed by atoms with Crippen molar-refractivity contribution >= 4 is 34.5 Å². The van der Waals surface area contributed by atoms with Crippen molar-refractivity contribution in [1.29, 1.82) is 0 Å². The number of aliphatic hydroxyl groups excluding tert-OH is 1. The molecule has 2 amide bonds. The van der Waals surface area contributed by atoms with Crippen molar-refractivity contribution in [2.24, 2.45) is 11.3 Å². The molecule has 2 heterocycles. The molecule has 196 valence electrons. The standard InChI is InChI=1S/C27H34N6O4/c1-16(15-34)32(4)26(37)27(3)13-20-23(21(36)14-27)25(30-19-8-6-5-7-9-19)24(31-20)18-10-11-29-22(12-18)33(28)17(2)35/h5-12,16,22,29-31,34H,13-15,28H2,1-4H3/t16-,22?,27?/m0/s1. The zero-order valence-electron chi connectivity index (χ0n) is 21.5. The highest BCUT2D eigenvalue weighted by Gasteiger charge is 2.45. The summed E-state index contributed by atoms with van der Waals surface area (Å²) in [4.78, 5) is 43.8. The van der Waals surface area contributed by atoms with Gasteiger partial charge >= 0.3 is 0 Å². The number of ketones is 1. The molecule has 0 saturated carbocycles. The van der Waals surface area contributed by atoms with Crippen LogP contribution in [0.1, 0.15) is 48.9 Å². The molecular weight excluding hydrogens is 472 g/mol. The number of rotatable bonds is 7. The van der Waals surface area contributed by atoms with Crippen molar-refractivity contribution in [1.82, 2.24) is 20.2 Å². The van der Waals surface area contributed by atoms with E-state index >= 15 is 0 Å². The molecule has 10 nitrogen and oxygen atoms in total. The normalized spacial score (nSPS) is 21.4.